The van der Waals surface area contributed by atoms with Crippen molar-refractivity contribution in [3.8, 4) is 0 Å². The van der Waals surface area contributed by atoms with Crippen LogP contribution in [0.15, 0.2) is 36.5 Å². The molecule has 24 heavy (non-hydrogen) atoms. The molecule has 2 aromatic rings. The van der Waals surface area contributed by atoms with E-state index in [9.17, 15) is 9.59 Å². The molecule has 0 bridgehead atoms. The summed E-state index contributed by atoms with van der Waals surface area (Å²) in [6.45, 7) is 2.97. The summed E-state index contributed by atoms with van der Waals surface area (Å²) in [6.07, 6.45) is 3.99. The van der Waals surface area contributed by atoms with Crippen LogP contribution in [0.25, 0.3) is 0 Å². The van der Waals surface area contributed by atoms with Crippen LogP contribution in [-0.2, 0) is 17.8 Å². The fourth-order valence-electron chi connectivity index (χ4n) is 2.37. The van der Waals surface area contributed by atoms with Gasteiger partial charge >= 0.3 is 5.97 Å². The van der Waals surface area contributed by atoms with Gasteiger partial charge < -0.3 is 10.0 Å². The Morgan fingerprint density at radius 1 is 1.25 bits per heavy atom. The number of nitrogens with zero attached hydrogens (tertiary/aromatic N) is 2. The molecular weight excluding hydrogens is 324 g/mol. The number of carboxylic acids is 1. The first-order valence-electron chi connectivity index (χ1n) is 8.10. The molecule has 0 atom stereocenters. The second-order valence-electron chi connectivity index (χ2n) is 5.58. The number of hydrogen-bond donors (Lipinski definition) is 1. The maximum absolute atomic E-state index is 12.8. The van der Waals surface area contributed by atoms with E-state index in [2.05, 4.69) is 11.9 Å². The number of hydrogen-bond acceptors (Lipinski definition) is 4. The number of carboxylic acid groups (broad SMARTS) is 1. The van der Waals surface area contributed by atoms with Gasteiger partial charge in [-0.25, -0.2) is 4.98 Å². The highest BCUT2D eigenvalue weighted by Crippen LogP contribution is 2.18. The first kappa shape index (κ1) is 18.1. The molecule has 2 rings (SSSR count). The largest absolute Gasteiger partial charge is 0.481 e. The lowest BCUT2D eigenvalue weighted by Gasteiger charge is -2.22. The molecule has 6 heteroatoms. The Balaban J connectivity index is 2.10. The Kier molecular flexibility index (Phi) is 6.93. The van der Waals surface area contributed by atoms with Crippen molar-refractivity contribution in [3.63, 3.8) is 0 Å². The summed E-state index contributed by atoms with van der Waals surface area (Å²) < 4.78 is 0. The van der Waals surface area contributed by atoms with Crippen molar-refractivity contribution < 1.29 is 14.7 Å². The van der Waals surface area contributed by atoms with Crippen molar-refractivity contribution in [2.75, 3.05) is 6.54 Å². The van der Waals surface area contributed by atoms with E-state index in [0.29, 0.717) is 24.4 Å². The predicted octanol–water partition coefficient (Wildman–Crippen LogP) is 3.60. The quantitative estimate of drug-likeness (QED) is 0.753. The smallest absolute Gasteiger partial charge is 0.303 e. The predicted molar refractivity (Wildman–Crippen MR) is 94.2 cm³/mol. The van der Waals surface area contributed by atoms with Crippen LogP contribution in [-0.4, -0.2) is 33.4 Å². The second kappa shape index (κ2) is 9.17. The fourth-order valence-corrected chi connectivity index (χ4v) is 3.36. The van der Waals surface area contributed by atoms with Crippen molar-refractivity contribution in [3.05, 3.63) is 52.0 Å². The molecule has 0 aliphatic rings. The topological polar surface area (TPSA) is 70.5 Å². The number of rotatable bonds is 9. The summed E-state index contributed by atoms with van der Waals surface area (Å²) in [5.41, 5.74) is 1.03. The van der Waals surface area contributed by atoms with E-state index in [1.165, 1.54) is 11.3 Å². The van der Waals surface area contributed by atoms with Crippen molar-refractivity contribution in [2.45, 2.75) is 39.2 Å². The number of carbonyl (C=O) groups is 2. The van der Waals surface area contributed by atoms with E-state index < -0.39 is 5.97 Å². The van der Waals surface area contributed by atoms with Crippen molar-refractivity contribution in [2.24, 2.45) is 0 Å². The van der Waals surface area contributed by atoms with Gasteiger partial charge in [0.25, 0.3) is 5.91 Å². The van der Waals surface area contributed by atoms with Gasteiger partial charge in [-0.3, -0.25) is 9.59 Å². The average Bonchev–Trinajstić information content (AvgIpc) is 3.03. The van der Waals surface area contributed by atoms with E-state index in [1.54, 1.807) is 11.1 Å². The Morgan fingerprint density at radius 2 is 2.00 bits per heavy atom. The number of benzene rings is 1. The highest BCUT2D eigenvalue weighted by atomic mass is 32.1. The van der Waals surface area contributed by atoms with Crippen molar-refractivity contribution in [1.29, 1.82) is 0 Å². The Labute approximate surface area is 146 Å². The lowest BCUT2D eigenvalue weighted by Crippen LogP contribution is -2.31. The zero-order valence-corrected chi connectivity index (χ0v) is 14.6. The number of thiazole rings is 1. The van der Waals surface area contributed by atoms with Crippen LogP contribution in [0, 0.1) is 0 Å². The molecule has 0 unspecified atom stereocenters. The Hall–Kier alpha value is -2.21. The second-order valence-corrected chi connectivity index (χ2v) is 6.69. The molecule has 0 saturated carbocycles. The molecule has 1 N–H and O–H groups in total. The number of aryl methyl sites for hydroxylation is 1. The lowest BCUT2D eigenvalue weighted by molar-refractivity contribution is -0.137. The summed E-state index contributed by atoms with van der Waals surface area (Å²) in [6, 6.07) is 9.72. The van der Waals surface area contributed by atoms with Crippen LogP contribution < -0.4 is 0 Å². The molecule has 5 nitrogen and oxygen atoms in total. The van der Waals surface area contributed by atoms with Gasteiger partial charge in [-0.15, -0.1) is 11.3 Å². The van der Waals surface area contributed by atoms with Crippen molar-refractivity contribution in [1.82, 2.24) is 9.88 Å². The van der Waals surface area contributed by atoms with Gasteiger partial charge in [-0.05, 0) is 24.8 Å². The number of aromatic nitrogens is 1. The summed E-state index contributed by atoms with van der Waals surface area (Å²) in [5.74, 6) is -0.922. The third-order valence-corrected chi connectivity index (χ3v) is 4.60. The molecule has 1 amide bonds. The fraction of sp³-hybridized carbons (Fsp3) is 0.389. The molecule has 1 heterocycles. The van der Waals surface area contributed by atoms with Gasteiger partial charge in [0.15, 0.2) is 0 Å². The van der Waals surface area contributed by atoms with E-state index in [0.717, 1.165) is 23.4 Å². The minimum atomic E-state index is -0.842. The van der Waals surface area contributed by atoms with Crippen LogP contribution >= 0.6 is 11.3 Å². The zero-order chi connectivity index (χ0) is 17.4. The summed E-state index contributed by atoms with van der Waals surface area (Å²) in [4.78, 5) is 30.2. The third kappa shape index (κ3) is 5.45. The molecule has 0 radical (unpaired) electrons. The van der Waals surface area contributed by atoms with Gasteiger partial charge in [0.2, 0.25) is 0 Å². The summed E-state index contributed by atoms with van der Waals surface area (Å²) in [7, 11) is 0. The molecular formula is C18H22N2O3S. The van der Waals surface area contributed by atoms with Crippen LogP contribution in [0.2, 0.25) is 0 Å². The van der Waals surface area contributed by atoms with Crippen LogP contribution in [0.1, 0.15) is 46.4 Å². The minimum Gasteiger partial charge on any atom is -0.481 e. The van der Waals surface area contributed by atoms with Gasteiger partial charge in [0, 0.05) is 19.5 Å². The van der Waals surface area contributed by atoms with E-state index in [-0.39, 0.29) is 12.3 Å². The van der Waals surface area contributed by atoms with E-state index in [4.69, 9.17) is 5.11 Å². The zero-order valence-electron chi connectivity index (χ0n) is 13.8. The molecule has 0 saturated heterocycles. The molecule has 0 fully saturated rings. The SMILES string of the molecule is CCCc1ncc(C(=O)N(CCCC(=O)O)Cc2ccccc2)s1. The van der Waals surface area contributed by atoms with Gasteiger partial charge in [-0.1, -0.05) is 37.3 Å². The Morgan fingerprint density at radius 3 is 2.67 bits per heavy atom. The molecule has 1 aromatic heterocycles. The van der Waals surface area contributed by atoms with Crippen LogP contribution in [0.5, 0.6) is 0 Å². The number of amides is 1. The van der Waals surface area contributed by atoms with E-state index in [1.807, 2.05) is 30.3 Å². The van der Waals surface area contributed by atoms with Crippen LogP contribution in [0.3, 0.4) is 0 Å². The number of aliphatic carboxylic acids is 1. The molecule has 128 valence electrons. The molecule has 1 aromatic carbocycles. The highest BCUT2D eigenvalue weighted by Gasteiger charge is 2.19. The molecule has 0 spiro atoms. The summed E-state index contributed by atoms with van der Waals surface area (Å²) >= 11 is 1.43. The van der Waals surface area contributed by atoms with Crippen molar-refractivity contribution >= 4 is 23.2 Å². The summed E-state index contributed by atoms with van der Waals surface area (Å²) in [5, 5.41) is 9.79. The van der Waals surface area contributed by atoms with Gasteiger partial charge in [0.1, 0.15) is 4.88 Å². The van der Waals surface area contributed by atoms with Crippen LogP contribution in [0.4, 0.5) is 0 Å². The van der Waals surface area contributed by atoms with Gasteiger partial charge in [0.05, 0.1) is 11.2 Å². The average molecular weight is 346 g/mol. The monoisotopic (exact) mass is 346 g/mol. The molecule has 0 aliphatic carbocycles. The van der Waals surface area contributed by atoms with E-state index >= 15 is 0 Å². The maximum atomic E-state index is 12.8. The standard InChI is InChI=1S/C18H22N2O3S/c1-2-7-16-19-12-15(24-16)18(23)20(11-6-10-17(21)22)13-14-8-4-3-5-9-14/h3-5,8-9,12H,2,6-7,10-11,13H2,1H3,(H,21,22). The third-order valence-electron chi connectivity index (χ3n) is 3.55. The lowest BCUT2D eigenvalue weighted by atomic mass is 10.2. The maximum Gasteiger partial charge on any atom is 0.303 e. The normalized spacial score (nSPS) is 10.5. The Bertz CT molecular complexity index is 670. The molecule has 0 aliphatic heterocycles. The number of carbonyl (C=O) groups excluding carboxylic acids is 1. The first-order chi connectivity index (χ1) is 11.6. The van der Waals surface area contributed by atoms with Gasteiger partial charge in [-0.2, -0.15) is 0 Å². The first-order valence-corrected chi connectivity index (χ1v) is 8.91. The minimum absolute atomic E-state index is 0.0579. The highest BCUT2D eigenvalue weighted by molar-refractivity contribution is 7.13.